The van der Waals surface area contributed by atoms with E-state index in [2.05, 4.69) is 10.6 Å². The second kappa shape index (κ2) is 7.84. The number of hydrogen-bond donors (Lipinski definition) is 2. The number of carbonyl (C=O) groups excluding carboxylic acids is 3. The zero-order chi connectivity index (χ0) is 22.2. The van der Waals surface area contributed by atoms with Crippen molar-refractivity contribution < 1.29 is 19.1 Å². The van der Waals surface area contributed by atoms with E-state index in [1.165, 1.54) is 0 Å². The first kappa shape index (κ1) is 21.1. The molecule has 2 amide bonds. The fourth-order valence-electron chi connectivity index (χ4n) is 4.52. The van der Waals surface area contributed by atoms with Gasteiger partial charge in [-0.3, -0.25) is 9.59 Å². The Hall–Kier alpha value is -3.15. The Kier molecular flexibility index (Phi) is 5.33. The predicted molar refractivity (Wildman–Crippen MR) is 117 cm³/mol. The molecule has 4 rings (SSSR count). The molecule has 1 saturated carbocycles. The van der Waals surface area contributed by atoms with Crippen LogP contribution in [0.5, 0.6) is 0 Å². The Morgan fingerprint density at radius 2 is 1.61 bits per heavy atom. The molecule has 2 aromatic carbocycles. The van der Waals surface area contributed by atoms with Crippen LogP contribution in [0.25, 0.3) is 0 Å². The minimum Gasteiger partial charge on any atom is -0.444 e. The molecule has 2 aliphatic carbocycles. The van der Waals surface area contributed by atoms with Crippen molar-refractivity contribution in [1.82, 2.24) is 10.6 Å². The van der Waals surface area contributed by atoms with Crippen LogP contribution in [0.3, 0.4) is 0 Å². The quantitative estimate of drug-likeness (QED) is 0.792. The fraction of sp³-hybridized carbons (Fsp3) is 0.400. The Labute approximate surface area is 182 Å². The maximum Gasteiger partial charge on any atom is 0.408 e. The van der Waals surface area contributed by atoms with Gasteiger partial charge in [-0.1, -0.05) is 54.6 Å². The predicted octanol–water partition coefficient (Wildman–Crippen LogP) is 3.59. The van der Waals surface area contributed by atoms with E-state index < -0.39 is 23.2 Å². The van der Waals surface area contributed by atoms with E-state index in [-0.39, 0.29) is 30.6 Å². The van der Waals surface area contributed by atoms with Crippen molar-refractivity contribution in [1.29, 1.82) is 0 Å². The van der Waals surface area contributed by atoms with Crippen LogP contribution in [0.15, 0.2) is 54.6 Å². The van der Waals surface area contributed by atoms with Gasteiger partial charge >= 0.3 is 6.09 Å². The summed E-state index contributed by atoms with van der Waals surface area (Å²) < 4.78 is 5.44. The zero-order valence-corrected chi connectivity index (χ0v) is 18.1. The van der Waals surface area contributed by atoms with Crippen LogP contribution in [0.4, 0.5) is 4.79 Å². The summed E-state index contributed by atoms with van der Waals surface area (Å²) in [7, 11) is 0. The van der Waals surface area contributed by atoms with Crippen molar-refractivity contribution in [2.75, 3.05) is 0 Å². The number of carbonyl (C=O) groups is 3. The van der Waals surface area contributed by atoms with E-state index >= 15 is 0 Å². The maximum atomic E-state index is 13.5. The first-order valence-electron chi connectivity index (χ1n) is 10.6. The lowest BCUT2D eigenvalue weighted by Gasteiger charge is -2.40. The van der Waals surface area contributed by atoms with E-state index in [1.54, 1.807) is 0 Å². The lowest BCUT2D eigenvalue weighted by molar-refractivity contribution is -0.141. The monoisotopic (exact) mass is 420 g/mol. The molecule has 0 radical (unpaired) electrons. The molecule has 2 aliphatic rings. The third-order valence-electron chi connectivity index (χ3n) is 5.98. The fourth-order valence-corrected chi connectivity index (χ4v) is 4.52. The topological polar surface area (TPSA) is 84.5 Å². The largest absolute Gasteiger partial charge is 0.444 e. The summed E-state index contributed by atoms with van der Waals surface area (Å²) in [5.74, 6) is -0.0933. The molecule has 6 heteroatoms. The third-order valence-corrected chi connectivity index (χ3v) is 5.98. The van der Waals surface area contributed by atoms with Crippen LogP contribution in [0.1, 0.15) is 56.3 Å². The van der Waals surface area contributed by atoms with Gasteiger partial charge in [0, 0.05) is 12.8 Å². The summed E-state index contributed by atoms with van der Waals surface area (Å²) in [5.41, 5.74) is 1.43. The number of benzene rings is 2. The number of ketones is 1. The average Bonchev–Trinajstić information content (AvgIpc) is 3.01. The van der Waals surface area contributed by atoms with Gasteiger partial charge in [-0.2, -0.15) is 0 Å². The third kappa shape index (κ3) is 4.20. The summed E-state index contributed by atoms with van der Waals surface area (Å²) >= 11 is 0. The Morgan fingerprint density at radius 3 is 2.26 bits per heavy atom. The molecule has 2 atom stereocenters. The van der Waals surface area contributed by atoms with Crippen molar-refractivity contribution in [2.45, 2.75) is 63.1 Å². The van der Waals surface area contributed by atoms with Crippen LogP contribution in [-0.2, 0) is 26.2 Å². The second-order valence-electron chi connectivity index (χ2n) is 9.45. The van der Waals surface area contributed by atoms with E-state index in [0.29, 0.717) is 6.42 Å². The van der Waals surface area contributed by atoms with Crippen molar-refractivity contribution in [3.63, 3.8) is 0 Å². The highest BCUT2D eigenvalue weighted by Crippen LogP contribution is 2.42. The van der Waals surface area contributed by atoms with Crippen molar-refractivity contribution in [3.8, 4) is 0 Å². The highest BCUT2D eigenvalue weighted by molar-refractivity contribution is 6.04. The smallest absolute Gasteiger partial charge is 0.408 e. The first-order valence-corrected chi connectivity index (χ1v) is 10.6. The molecule has 31 heavy (non-hydrogen) atoms. The minimum absolute atomic E-state index is 0.0807. The van der Waals surface area contributed by atoms with Gasteiger partial charge in [0.25, 0.3) is 0 Å². The van der Waals surface area contributed by atoms with Crippen LogP contribution in [0, 0.1) is 0 Å². The number of fused-ring (bicyclic) bond motifs is 1. The molecule has 2 aromatic rings. The van der Waals surface area contributed by atoms with Gasteiger partial charge in [-0.25, -0.2) is 4.79 Å². The van der Waals surface area contributed by atoms with E-state index in [1.807, 2.05) is 75.4 Å². The zero-order valence-electron chi connectivity index (χ0n) is 18.1. The lowest BCUT2D eigenvalue weighted by Crippen LogP contribution is -2.57. The molecule has 0 spiro atoms. The van der Waals surface area contributed by atoms with E-state index in [4.69, 9.17) is 4.74 Å². The number of nitrogens with one attached hydrogen (secondary N) is 2. The van der Waals surface area contributed by atoms with Crippen LogP contribution in [0.2, 0.25) is 0 Å². The van der Waals surface area contributed by atoms with Crippen LogP contribution >= 0.6 is 0 Å². The molecule has 6 nitrogen and oxygen atoms in total. The van der Waals surface area contributed by atoms with Gasteiger partial charge in [-0.15, -0.1) is 0 Å². The number of amides is 2. The molecule has 1 unspecified atom stereocenters. The van der Waals surface area contributed by atoms with Gasteiger partial charge in [-0.05, 0) is 43.9 Å². The summed E-state index contributed by atoms with van der Waals surface area (Å²) in [6, 6.07) is 16.5. The number of rotatable bonds is 4. The lowest BCUT2D eigenvalue weighted by atomic mass is 9.63. The van der Waals surface area contributed by atoms with Gasteiger partial charge in [0.15, 0.2) is 0 Å². The van der Waals surface area contributed by atoms with Gasteiger partial charge in [0.05, 0.1) is 17.5 Å². The molecule has 1 fully saturated rings. The Balaban J connectivity index is 1.57. The highest BCUT2D eigenvalue weighted by Gasteiger charge is 2.52. The second-order valence-corrected chi connectivity index (χ2v) is 9.45. The normalized spacial score (nSPS) is 21.6. The molecular weight excluding hydrogens is 392 g/mol. The minimum atomic E-state index is -0.844. The van der Waals surface area contributed by atoms with Gasteiger partial charge in [0.2, 0.25) is 5.91 Å². The molecule has 0 saturated heterocycles. The summed E-state index contributed by atoms with van der Waals surface area (Å²) in [4.78, 5) is 37.8. The van der Waals surface area contributed by atoms with Crippen LogP contribution < -0.4 is 10.6 Å². The SMILES string of the molecule is CC(C)(C)OC(=O)NC1c2ccccc2C[C@@H]1NC(=O)C1(c2ccccc2)CC(=O)C1. The highest BCUT2D eigenvalue weighted by atomic mass is 16.6. The summed E-state index contributed by atoms with van der Waals surface area (Å²) in [5, 5.41) is 6.08. The molecule has 0 bridgehead atoms. The summed E-state index contributed by atoms with van der Waals surface area (Å²) in [6.45, 7) is 5.43. The van der Waals surface area contributed by atoms with E-state index in [9.17, 15) is 14.4 Å². The molecule has 0 aliphatic heterocycles. The Bertz CT molecular complexity index is 1000. The average molecular weight is 421 g/mol. The van der Waals surface area contributed by atoms with Crippen molar-refractivity contribution in [3.05, 3.63) is 71.3 Å². The summed E-state index contributed by atoms with van der Waals surface area (Å²) in [6.07, 6.45) is 0.477. The van der Waals surface area contributed by atoms with Crippen LogP contribution in [-0.4, -0.2) is 29.4 Å². The molecular formula is C25H28N2O4. The number of hydrogen-bond acceptors (Lipinski definition) is 4. The molecule has 0 heterocycles. The maximum absolute atomic E-state index is 13.5. The van der Waals surface area contributed by atoms with Gasteiger partial charge in [0.1, 0.15) is 11.4 Å². The van der Waals surface area contributed by atoms with Crippen molar-refractivity contribution in [2.24, 2.45) is 0 Å². The first-order chi connectivity index (χ1) is 14.7. The standard InChI is InChI=1S/C25H28N2O4/c1-24(2,3)31-23(30)27-21-19-12-8-7-9-16(19)13-20(21)26-22(29)25(14-18(28)15-25)17-10-5-4-6-11-17/h4-12,20-21H,13-15H2,1-3H3,(H,26,29)(H,27,30)/t20-,21?/m0/s1. The Morgan fingerprint density at radius 1 is 0.968 bits per heavy atom. The van der Waals surface area contributed by atoms with Crippen molar-refractivity contribution >= 4 is 17.8 Å². The number of Topliss-reactive ketones (excluding diaryl/α,β-unsaturated/α-hetero) is 1. The van der Waals surface area contributed by atoms with E-state index in [0.717, 1.165) is 16.7 Å². The van der Waals surface area contributed by atoms with Gasteiger partial charge < -0.3 is 15.4 Å². The number of alkyl carbamates (subject to hydrolysis) is 1. The molecule has 0 aromatic heterocycles. The molecule has 2 N–H and O–H groups in total. The number of ether oxygens (including phenoxy) is 1. The molecule has 162 valence electrons.